The SMILES string of the molecule is Cc1ccccc1-c1ccc(Br)c(C(N)=O)c1. The zero-order chi connectivity index (χ0) is 12.4. The number of carbonyl (C=O) groups is 1. The average molecular weight is 290 g/mol. The van der Waals surface area contributed by atoms with Crippen LogP contribution in [0.4, 0.5) is 0 Å². The van der Waals surface area contributed by atoms with Crippen LogP contribution in [0.15, 0.2) is 46.9 Å². The van der Waals surface area contributed by atoms with Crippen LogP contribution in [0.2, 0.25) is 0 Å². The summed E-state index contributed by atoms with van der Waals surface area (Å²) in [6.07, 6.45) is 0. The van der Waals surface area contributed by atoms with Gasteiger partial charge in [-0.15, -0.1) is 0 Å². The van der Waals surface area contributed by atoms with Gasteiger partial charge in [-0.1, -0.05) is 30.3 Å². The number of rotatable bonds is 2. The fraction of sp³-hybridized carbons (Fsp3) is 0.0714. The maximum absolute atomic E-state index is 11.3. The molecule has 2 N–H and O–H groups in total. The van der Waals surface area contributed by atoms with Crippen molar-refractivity contribution < 1.29 is 4.79 Å². The minimum atomic E-state index is -0.424. The number of amides is 1. The smallest absolute Gasteiger partial charge is 0.249 e. The Morgan fingerprint density at radius 2 is 1.88 bits per heavy atom. The summed E-state index contributed by atoms with van der Waals surface area (Å²) >= 11 is 3.32. The number of primary amides is 1. The first-order valence-corrected chi connectivity index (χ1v) is 6.04. The van der Waals surface area contributed by atoms with Crippen molar-refractivity contribution in [3.05, 3.63) is 58.1 Å². The number of halogens is 1. The summed E-state index contributed by atoms with van der Waals surface area (Å²) in [6, 6.07) is 13.7. The first-order chi connectivity index (χ1) is 8.09. The lowest BCUT2D eigenvalue weighted by Crippen LogP contribution is -2.11. The number of carbonyl (C=O) groups excluding carboxylic acids is 1. The van der Waals surface area contributed by atoms with Crippen molar-refractivity contribution in [2.45, 2.75) is 6.92 Å². The van der Waals surface area contributed by atoms with Crippen molar-refractivity contribution in [1.82, 2.24) is 0 Å². The van der Waals surface area contributed by atoms with Gasteiger partial charge in [-0.3, -0.25) is 4.79 Å². The minimum absolute atomic E-state index is 0.424. The molecule has 0 bridgehead atoms. The van der Waals surface area contributed by atoms with Crippen LogP contribution in [0.25, 0.3) is 11.1 Å². The number of hydrogen-bond donors (Lipinski definition) is 1. The largest absolute Gasteiger partial charge is 0.366 e. The predicted octanol–water partition coefficient (Wildman–Crippen LogP) is 3.52. The Hall–Kier alpha value is -1.61. The first-order valence-electron chi connectivity index (χ1n) is 5.25. The van der Waals surface area contributed by atoms with Gasteiger partial charge in [0.1, 0.15) is 0 Å². The van der Waals surface area contributed by atoms with Gasteiger partial charge in [0, 0.05) is 4.47 Å². The van der Waals surface area contributed by atoms with Crippen LogP contribution in [0.1, 0.15) is 15.9 Å². The Labute approximate surface area is 109 Å². The van der Waals surface area contributed by atoms with Gasteiger partial charge in [0.15, 0.2) is 0 Å². The Balaban J connectivity index is 2.58. The highest BCUT2D eigenvalue weighted by atomic mass is 79.9. The molecule has 0 atom stereocenters. The molecule has 0 aliphatic heterocycles. The summed E-state index contributed by atoms with van der Waals surface area (Å²) in [4.78, 5) is 11.3. The maximum Gasteiger partial charge on any atom is 0.249 e. The maximum atomic E-state index is 11.3. The van der Waals surface area contributed by atoms with E-state index < -0.39 is 5.91 Å². The van der Waals surface area contributed by atoms with Crippen LogP contribution >= 0.6 is 15.9 Å². The summed E-state index contributed by atoms with van der Waals surface area (Å²) < 4.78 is 0.724. The molecule has 1 amide bonds. The lowest BCUT2D eigenvalue weighted by Gasteiger charge is -2.08. The molecule has 0 aliphatic rings. The van der Waals surface area contributed by atoms with Gasteiger partial charge in [0.05, 0.1) is 5.56 Å². The van der Waals surface area contributed by atoms with Gasteiger partial charge in [-0.2, -0.15) is 0 Å². The van der Waals surface area contributed by atoms with E-state index >= 15 is 0 Å². The molecule has 0 radical (unpaired) electrons. The van der Waals surface area contributed by atoms with Gasteiger partial charge in [-0.25, -0.2) is 0 Å². The van der Waals surface area contributed by atoms with Crippen molar-refractivity contribution in [3.8, 4) is 11.1 Å². The summed E-state index contributed by atoms with van der Waals surface area (Å²) in [6.45, 7) is 2.04. The van der Waals surface area contributed by atoms with Crippen LogP contribution in [-0.4, -0.2) is 5.91 Å². The highest BCUT2D eigenvalue weighted by molar-refractivity contribution is 9.10. The molecule has 0 saturated carbocycles. The summed E-state index contributed by atoms with van der Waals surface area (Å²) in [5, 5.41) is 0. The molecule has 0 spiro atoms. The Morgan fingerprint density at radius 1 is 1.18 bits per heavy atom. The third-order valence-corrected chi connectivity index (χ3v) is 3.38. The molecular weight excluding hydrogens is 278 g/mol. The summed E-state index contributed by atoms with van der Waals surface area (Å²) in [5.41, 5.74) is 9.12. The number of nitrogens with two attached hydrogens (primary N) is 1. The van der Waals surface area contributed by atoms with Crippen molar-refractivity contribution in [1.29, 1.82) is 0 Å². The molecule has 0 aliphatic carbocycles. The fourth-order valence-electron chi connectivity index (χ4n) is 1.78. The van der Waals surface area contributed by atoms with Crippen LogP contribution in [0.3, 0.4) is 0 Å². The normalized spacial score (nSPS) is 10.2. The Bertz CT molecular complexity index is 578. The van der Waals surface area contributed by atoms with Crippen molar-refractivity contribution >= 4 is 21.8 Å². The van der Waals surface area contributed by atoms with E-state index in [1.165, 1.54) is 5.56 Å². The van der Waals surface area contributed by atoms with Gasteiger partial charge in [-0.05, 0) is 51.7 Å². The van der Waals surface area contributed by atoms with E-state index in [4.69, 9.17) is 5.73 Å². The summed E-state index contributed by atoms with van der Waals surface area (Å²) in [7, 11) is 0. The highest BCUT2D eigenvalue weighted by Gasteiger charge is 2.09. The highest BCUT2D eigenvalue weighted by Crippen LogP contribution is 2.27. The molecular formula is C14H12BrNO. The third kappa shape index (κ3) is 2.39. The molecule has 0 fully saturated rings. The summed E-state index contributed by atoms with van der Waals surface area (Å²) in [5.74, 6) is -0.424. The predicted molar refractivity (Wildman–Crippen MR) is 72.8 cm³/mol. The second-order valence-electron chi connectivity index (χ2n) is 3.87. The van der Waals surface area contributed by atoms with E-state index in [1.807, 2.05) is 49.4 Å². The lowest BCUT2D eigenvalue weighted by atomic mass is 9.99. The Kier molecular flexibility index (Phi) is 3.29. The topological polar surface area (TPSA) is 43.1 Å². The van der Waals surface area contributed by atoms with Gasteiger partial charge < -0.3 is 5.73 Å². The molecule has 0 heterocycles. The molecule has 0 unspecified atom stereocenters. The van der Waals surface area contributed by atoms with Crippen molar-refractivity contribution in [3.63, 3.8) is 0 Å². The third-order valence-electron chi connectivity index (χ3n) is 2.69. The molecule has 2 nitrogen and oxygen atoms in total. The number of aryl methyl sites for hydroxylation is 1. The quantitative estimate of drug-likeness (QED) is 0.903. The molecule has 3 heteroatoms. The van der Waals surface area contributed by atoms with Gasteiger partial charge in [0.25, 0.3) is 0 Å². The van der Waals surface area contributed by atoms with Crippen LogP contribution in [0, 0.1) is 6.92 Å². The zero-order valence-electron chi connectivity index (χ0n) is 9.41. The standard InChI is InChI=1S/C14H12BrNO/c1-9-4-2-3-5-11(9)10-6-7-13(15)12(8-10)14(16)17/h2-8H,1H3,(H2,16,17). The van der Waals surface area contributed by atoms with Crippen molar-refractivity contribution in [2.24, 2.45) is 5.73 Å². The molecule has 17 heavy (non-hydrogen) atoms. The van der Waals surface area contributed by atoms with Crippen LogP contribution in [-0.2, 0) is 0 Å². The van der Waals surface area contributed by atoms with E-state index in [1.54, 1.807) is 0 Å². The van der Waals surface area contributed by atoms with Gasteiger partial charge >= 0.3 is 0 Å². The number of hydrogen-bond acceptors (Lipinski definition) is 1. The van der Waals surface area contributed by atoms with Gasteiger partial charge in [0.2, 0.25) is 5.91 Å². The molecule has 0 saturated heterocycles. The monoisotopic (exact) mass is 289 g/mol. The molecule has 2 aromatic carbocycles. The Morgan fingerprint density at radius 3 is 2.53 bits per heavy atom. The number of benzene rings is 2. The second-order valence-corrected chi connectivity index (χ2v) is 4.73. The van der Waals surface area contributed by atoms with Crippen LogP contribution in [0.5, 0.6) is 0 Å². The second kappa shape index (κ2) is 4.72. The minimum Gasteiger partial charge on any atom is -0.366 e. The molecule has 0 aromatic heterocycles. The molecule has 86 valence electrons. The van der Waals surface area contributed by atoms with Crippen molar-refractivity contribution in [2.75, 3.05) is 0 Å². The lowest BCUT2D eigenvalue weighted by molar-refractivity contribution is 0.0999. The van der Waals surface area contributed by atoms with E-state index in [9.17, 15) is 4.79 Å². The molecule has 2 aromatic rings. The van der Waals surface area contributed by atoms with E-state index in [2.05, 4.69) is 15.9 Å². The van der Waals surface area contributed by atoms with E-state index in [0.717, 1.165) is 15.6 Å². The zero-order valence-corrected chi connectivity index (χ0v) is 11.0. The first kappa shape index (κ1) is 11.9. The van der Waals surface area contributed by atoms with Crippen LogP contribution < -0.4 is 5.73 Å². The average Bonchev–Trinajstić information content (AvgIpc) is 2.30. The van der Waals surface area contributed by atoms with E-state index in [-0.39, 0.29) is 0 Å². The molecule has 2 rings (SSSR count). The van der Waals surface area contributed by atoms with E-state index in [0.29, 0.717) is 5.56 Å². The fourth-order valence-corrected chi connectivity index (χ4v) is 2.22.